The lowest BCUT2D eigenvalue weighted by Gasteiger charge is -2.25. The summed E-state index contributed by atoms with van der Waals surface area (Å²) in [6.07, 6.45) is 1.02. The van der Waals surface area contributed by atoms with Crippen LogP contribution in [0.1, 0.15) is 25.5 Å². The molecule has 0 saturated carbocycles. The van der Waals surface area contributed by atoms with Gasteiger partial charge in [-0.05, 0) is 19.4 Å². The topological polar surface area (TPSA) is 83.5 Å². The summed E-state index contributed by atoms with van der Waals surface area (Å²) in [6, 6.07) is 8.29. The van der Waals surface area contributed by atoms with Crippen LogP contribution in [-0.4, -0.2) is 37.0 Å². The van der Waals surface area contributed by atoms with E-state index in [-0.39, 0.29) is 6.61 Å². The molecule has 5 nitrogen and oxygen atoms in total. The monoisotopic (exact) mass is 285 g/mol. The van der Waals surface area contributed by atoms with Crippen molar-refractivity contribution in [1.29, 1.82) is 0 Å². The molecule has 1 aromatic rings. The number of hydrogen-bond donors (Lipinski definition) is 2. The van der Waals surface area contributed by atoms with Crippen LogP contribution in [0.2, 0.25) is 0 Å². The quantitative estimate of drug-likeness (QED) is 0.832. The summed E-state index contributed by atoms with van der Waals surface area (Å²) in [5.41, 5.74) is 0.725. The molecular formula is C13H19NO4S. The first-order valence-electron chi connectivity index (χ1n) is 5.86. The largest absolute Gasteiger partial charge is 0.394 e. The van der Waals surface area contributed by atoms with Gasteiger partial charge < -0.3 is 10.4 Å². The zero-order chi connectivity index (χ0) is 14.7. The van der Waals surface area contributed by atoms with Crippen molar-refractivity contribution in [3.63, 3.8) is 0 Å². The average Bonchev–Trinajstić information content (AvgIpc) is 2.35. The molecule has 1 amide bonds. The Balaban J connectivity index is 2.92. The molecule has 0 spiro atoms. The van der Waals surface area contributed by atoms with E-state index in [4.69, 9.17) is 0 Å². The third-order valence-electron chi connectivity index (χ3n) is 3.16. The fourth-order valence-corrected chi connectivity index (χ4v) is 1.82. The maximum Gasteiger partial charge on any atom is 0.241 e. The normalized spacial score (nSPS) is 13.9. The molecule has 0 saturated heterocycles. The van der Waals surface area contributed by atoms with Crippen LogP contribution in [0.4, 0.5) is 0 Å². The van der Waals surface area contributed by atoms with Crippen molar-refractivity contribution in [3.05, 3.63) is 35.9 Å². The molecule has 0 aliphatic carbocycles. The second-order valence-electron chi connectivity index (χ2n) is 4.90. The molecule has 1 atom stereocenters. The van der Waals surface area contributed by atoms with Crippen LogP contribution in [0.5, 0.6) is 0 Å². The van der Waals surface area contributed by atoms with Crippen molar-refractivity contribution in [2.24, 2.45) is 0 Å². The van der Waals surface area contributed by atoms with Gasteiger partial charge in [0.15, 0.2) is 9.84 Å². The molecule has 106 valence electrons. The highest BCUT2D eigenvalue weighted by Crippen LogP contribution is 2.18. The van der Waals surface area contributed by atoms with Gasteiger partial charge in [0.2, 0.25) is 5.91 Å². The molecule has 1 rings (SSSR count). The van der Waals surface area contributed by atoms with Crippen molar-refractivity contribution in [3.8, 4) is 0 Å². The second-order valence-corrected chi connectivity index (χ2v) is 7.47. The molecule has 0 aromatic heterocycles. The zero-order valence-electron chi connectivity index (χ0n) is 11.3. The van der Waals surface area contributed by atoms with Crippen molar-refractivity contribution < 1.29 is 18.3 Å². The van der Waals surface area contributed by atoms with Gasteiger partial charge in [0.05, 0.1) is 12.6 Å². The lowest BCUT2D eigenvalue weighted by molar-refractivity contribution is -0.123. The maximum absolute atomic E-state index is 12.1. The number of benzene rings is 1. The first kappa shape index (κ1) is 15.7. The smallest absolute Gasteiger partial charge is 0.241 e. The van der Waals surface area contributed by atoms with Crippen molar-refractivity contribution >= 4 is 15.7 Å². The number of amides is 1. The predicted molar refractivity (Wildman–Crippen MR) is 73.3 cm³/mol. The molecule has 0 unspecified atom stereocenters. The van der Waals surface area contributed by atoms with E-state index in [1.54, 1.807) is 24.3 Å². The first-order chi connectivity index (χ1) is 8.70. The van der Waals surface area contributed by atoms with Crippen LogP contribution in [-0.2, 0) is 14.6 Å². The number of nitrogens with one attached hydrogen (secondary N) is 1. The molecule has 0 heterocycles. The third kappa shape index (κ3) is 3.54. The van der Waals surface area contributed by atoms with E-state index in [0.29, 0.717) is 0 Å². The number of aliphatic hydroxyl groups is 1. The van der Waals surface area contributed by atoms with Gasteiger partial charge in [0.1, 0.15) is 4.75 Å². The minimum atomic E-state index is -3.53. The van der Waals surface area contributed by atoms with Gasteiger partial charge >= 0.3 is 0 Å². The van der Waals surface area contributed by atoms with Crippen LogP contribution < -0.4 is 5.32 Å². The summed E-state index contributed by atoms with van der Waals surface area (Å²) in [4.78, 5) is 12.1. The Morgan fingerprint density at radius 2 is 1.84 bits per heavy atom. The number of carbonyl (C=O) groups is 1. The summed E-state index contributed by atoms with van der Waals surface area (Å²) >= 11 is 0. The molecule has 0 aliphatic heterocycles. The maximum atomic E-state index is 12.1. The number of sulfone groups is 1. The molecule has 2 N–H and O–H groups in total. The summed E-state index contributed by atoms with van der Waals surface area (Å²) in [7, 11) is -3.53. The SMILES string of the molecule is CC(C)(C(=O)N[C@H](CO)c1ccccc1)S(C)(=O)=O. The number of aliphatic hydroxyl groups excluding tert-OH is 1. The van der Waals surface area contributed by atoms with Crippen LogP contribution >= 0.6 is 0 Å². The number of hydrogen-bond acceptors (Lipinski definition) is 4. The van der Waals surface area contributed by atoms with E-state index in [0.717, 1.165) is 11.8 Å². The van der Waals surface area contributed by atoms with Gasteiger partial charge in [0.25, 0.3) is 0 Å². The zero-order valence-corrected chi connectivity index (χ0v) is 12.1. The molecule has 6 heteroatoms. The summed E-state index contributed by atoms with van der Waals surface area (Å²) < 4.78 is 21.6. The Morgan fingerprint density at radius 3 is 2.26 bits per heavy atom. The van der Waals surface area contributed by atoms with Gasteiger partial charge in [-0.25, -0.2) is 8.42 Å². The summed E-state index contributed by atoms with van der Waals surface area (Å²) in [5, 5.41) is 11.9. The Hall–Kier alpha value is -1.40. The summed E-state index contributed by atoms with van der Waals surface area (Å²) in [6.45, 7) is 2.39. The van der Waals surface area contributed by atoms with E-state index in [1.807, 2.05) is 6.07 Å². The van der Waals surface area contributed by atoms with E-state index in [1.165, 1.54) is 13.8 Å². The Morgan fingerprint density at radius 1 is 1.32 bits per heavy atom. The van der Waals surface area contributed by atoms with Gasteiger partial charge in [-0.2, -0.15) is 0 Å². The highest BCUT2D eigenvalue weighted by atomic mass is 32.2. The predicted octanol–water partition coefficient (Wildman–Crippen LogP) is 0.659. The standard InChI is InChI=1S/C13H19NO4S/c1-13(2,19(3,17)18)12(16)14-11(9-15)10-7-5-4-6-8-10/h4-8,11,15H,9H2,1-3H3,(H,14,16)/t11-/m1/s1. The van der Waals surface area contributed by atoms with Crippen LogP contribution in [0.15, 0.2) is 30.3 Å². The van der Waals surface area contributed by atoms with Crippen LogP contribution in [0.3, 0.4) is 0 Å². The Kier molecular flexibility index (Phi) is 4.70. The van der Waals surface area contributed by atoms with Crippen molar-refractivity contribution in [1.82, 2.24) is 5.32 Å². The number of rotatable bonds is 5. The van der Waals surface area contributed by atoms with Gasteiger partial charge in [-0.3, -0.25) is 4.79 Å². The van der Waals surface area contributed by atoms with Crippen LogP contribution in [0, 0.1) is 0 Å². The van der Waals surface area contributed by atoms with E-state index in [9.17, 15) is 18.3 Å². The molecule has 0 radical (unpaired) electrons. The van der Waals surface area contributed by atoms with E-state index < -0.39 is 26.5 Å². The highest BCUT2D eigenvalue weighted by molar-refractivity contribution is 7.92. The molecular weight excluding hydrogens is 266 g/mol. The van der Waals surface area contributed by atoms with Gasteiger partial charge in [-0.1, -0.05) is 30.3 Å². The van der Waals surface area contributed by atoms with Gasteiger partial charge in [0, 0.05) is 6.26 Å². The fraction of sp³-hybridized carbons (Fsp3) is 0.462. The molecule has 1 aromatic carbocycles. The minimum Gasteiger partial charge on any atom is -0.394 e. The first-order valence-corrected chi connectivity index (χ1v) is 7.75. The van der Waals surface area contributed by atoms with E-state index in [2.05, 4.69) is 5.32 Å². The Bertz CT molecular complexity index is 537. The highest BCUT2D eigenvalue weighted by Gasteiger charge is 2.39. The number of carbonyl (C=O) groups excluding carboxylic acids is 1. The van der Waals surface area contributed by atoms with Crippen molar-refractivity contribution in [2.45, 2.75) is 24.6 Å². The fourth-order valence-electron chi connectivity index (χ4n) is 1.42. The minimum absolute atomic E-state index is 0.296. The van der Waals surface area contributed by atoms with E-state index >= 15 is 0 Å². The van der Waals surface area contributed by atoms with Crippen LogP contribution in [0.25, 0.3) is 0 Å². The third-order valence-corrected chi connectivity index (χ3v) is 5.20. The van der Waals surface area contributed by atoms with Crippen molar-refractivity contribution in [2.75, 3.05) is 12.9 Å². The average molecular weight is 285 g/mol. The second kappa shape index (κ2) is 5.71. The lowest BCUT2D eigenvalue weighted by atomic mass is 10.1. The Labute approximate surface area is 113 Å². The molecule has 0 fully saturated rings. The summed E-state index contributed by atoms with van der Waals surface area (Å²) in [5.74, 6) is -0.627. The molecule has 0 bridgehead atoms. The molecule has 0 aliphatic rings. The molecule has 19 heavy (non-hydrogen) atoms. The lowest BCUT2D eigenvalue weighted by Crippen LogP contribution is -2.49. The van der Waals surface area contributed by atoms with Gasteiger partial charge in [-0.15, -0.1) is 0 Å².